The Morgan fingerprint density at radius 3 is 2.09 bits per heavy atom. The van der Waals surface area contributed by atoms with Crippen LogP contribution in [0.3, 0.4) is 0 Å². The van der Waals surface area contributed by atoms with Gasteiger partial charge < -0.3 is 4.74 Å². The number of esters is 1. The van der Waals surface area contributed by atoms with Crippen LogP contribution in [0.2, 0.25) is 0 Å². The Balaban J connectivity index is 2.36. The molecule has 1 aliphatic carbocycles. The van der Waals surface area contributed by atoms with Crippen LogP contribution in [-0.4, -0.2) is 18.9 Å². The Hall–Kier alpha value is -1.64. The number of hydrogen-bond acceptors (Lipinski definition) is 3. The number of ketones is 1. The van der Waals surface area contributed by atoms with Crippen molar-refractivity contribution in [1.29, 1.82) is 0 Å². The summed E-state index contributed by atoms with van der Waals surface area (Å²) >= 11 is 0. The first-order chi connectivity index (χ1) is 10.6. The molecule has 1 aromatic carbocycles. The number of ether oxygens (including phenoxy) is 1. The standard InChI is InChI=1S/C20H28O3/c1-13-9-14(2)16(15(3)10-13)11-17(21)20(18(22)23-6)8-7-19(4,5)12-20/h9-10H,7-8,11-12H2,1-6H3. The highest BCUT2D eigenvalue weighted by Crippen LogP contribution is 2.50. The fourth-order valence-corrected chi connectivity index (χ4v) is 4.09. The van der Waals surface area contributed by atoms with Crippen molar-refractivity contribution in [3.63, 3.8) is 0 Å². The summed E-state index contributed by atoms with van der Waals surface area (Å²) in [6.45, 7) is 10.4. The molecule has 0 bridgehead atoms. The van der Waals surface area contributed by atoms with E-state index in [1.165, 1.54) is 12.7 Å². The lowest BCUT2D eigenvalue weighted by Gasteiger charge is -2.27. The average Bonchev–Trinajstić information content (AvgIpc) is 2.79. The second kappa shape index (κ2) is 6.10. The van der Waals surface area contributed by atoms with Crippen LogP contribution in [0.5, 0.6) is 0 Å². The fourth-order valence-electron chi connectivity index (χ4n) is 4.09. The van der Waals surface area contributed by atoms with Gasteiger partial charge in [-0.3, -0.25) is 9.59 Å². The van der Waals surface area contributed by atoms with E-state index < -0.39 is 5.41 Å². The number of methoxy groups -OCH3 is 1. The number of benzene rings is 1. The van der Waals surface area contributed by atoms with Gasteiger partial charge in [-0.25, -0.2) is 0 Å². The van der Waals surface area contributed by atoms with E-state index in [0.29, 0.717) is 19.3 Å². The lowest BCUT2D eigenvalue weighted by atomic mass is 9.75. The summed E-state index contributed by atoms with van der Waals surface area (Å²) in [6.07, 6.45) is 2.35. The first kappa shape index (κ1) is 17.7. The maximum atomic E-state index is 13.1. The van der Waals surface area contributed by atoms with Gasteiger partial charge in [0.25, 0.3) is 0 Å². The number of carbonyl (C=O) groups excluding carboxylic acids is 2. The Morgan fingerprint density at radius 2 is 1.65 bits per heavy atom. The van der Waals surface area contributed by atoms with E-state index in [4.69, 9.17) is 4.74 Å². The highest BCUT2D eigenvalue weighted by Gasteiger charge is 2.54. The molecular formula is C20H28O3. The Labute approximate surface area is 139 Å². The zero-order chi connectivity index (χ0) is 17.4. The second-order valence-corrected chi connectivity index (χ2v) is 7.89. The van der Waals surface area contributed by atoms with E-state index >= 15 is 0 Å². The molecule has 1 fully saturated rings. The molecule has 1 atom stereocenters. The van der Waals surface area contributed by atoms with Gasteiger partial charge in [-0.15, -0.1) is 0 Å². The van der Waals surface area contributed by atoms with Crippen molar-refractivity contribution >= 4 is 11.8 Å². The van der Waals surface area contributed by atoms with Crippen LogP contribution >= 0.6 is 0 Å². The van der Waals surface area contributed by atoms with Gasteiger partial charge in [0.2, 0.25) is 0 Å². The van der Waals surface area contributed by atoms with Gasteiger partial charge in [0.05, 0.1) is 7.11 Å². The van der Waals surface area contributed by atoms with Crippen LogP contribution in [0, 0.1) is 31.6 Å². The van der Waals surface area contributed by atoms with Crippen molar-refractivity contribution in [2.24, 2.45) is 10.8 Å². The van der Waals surface area contributed by atoms with Crippen LogP contribution in [0.25, 0.3) is 0 Å². The third kappa shape index (κ3) is 3.34. The van der Waals surface area contributed by atoms with E-state index in [1.807, 2.05) is 13.8 Å². The lowest BCUT2D eigenvalue weighted by molar-refractivity contribution is -0.158. The quantitative estimate of drug-likeness (QED) is 0.620. The van der Waals surface area contributed by atoms with Gasteiger partial charge in [0.1, 0.15) is 5.41 Å². The smallest absolute Gasteiger partial charge is 0.319 e. The van der Waals surface area contributed by atoms with Crippen LogP contribution in [-0.2, 0) is 20.7 Å². The topological polar surface area (TPSA) is 43.4 Å². The minimum atomic E-state index is -0.970. The summed E-state index contributed by atoms with van der Waals surface area (Å²) < 4.78 is 5.01. The zero-order valence-electron chi connectivity index (χ0n) is 15.2. The third-order valence-corrected chi connectivity index (χ3v) is 5.30. The molecule has 0 spiro atoms. The molecule has 1 aliphatic rings. The highest BCUT2D eigenvalue weighted by atomic mass is 16.5. The van der Waals surface area contributed by atoms with Crippen molar-refractivity contribution < 1.29 is 14.3 Å². The summed E-state index contributed by atoms with van der Waals surface area (Å²) in [7, 11) is 1.38. The molecule has 2 rings (SSSR count). The molecule has 0 radical (unpaired) electrons. The predicted molar refractivity (Wildman–Crippen MR) is 91.4 cm³/mol. The zero-order valence-corrected chi connectivity index (χ0v) is 15.2. The predicted octanol–water partition coefficient (Wildman–Crippen LogP) is 4.09. The number of aryl methyl sites for hydroxylation is 3. The molecule has 0 aliphatic heterocycles. The second-order valence-electron chi connectivity index (χ2n) is 7.89. The van der Waals surface area contributed by atoms with Crippen LogP contribution < -0.4 is 0 Å². The van der Waals surface area contributed by atoms with E-state index in [1.54, 1.807) is 0 Å². The summed E-state index contributed by atoms with van der Waals surface area (Å²) in [4.78, 5) is 25.5. The molecule has 0 heterocycles. The maximum absolute atomic E-state index is 13.1. The first-order valence-electron chi connectivity index (χ1n) is 8.30. The number of carbonyl (C=O) groups is 2. The molecule has 0 aromatic heterocycles. The van der Waals surface area contributed by atoms with Crippen molar-refractivity contribution in [1.82, 2.24) is 0 Å². The van der Waals surface area contributed by atoms with Gasteiger partial charge in [-0.1, -0.05) is 31.5 Å². The van der Waals surface area contributed by atoms with E-state index in [2.05, 4.69) is 32.9 Å². The minimum Gasteiger partial charge on any atom is -0.468 e. The molecule has 3 heteroatoms. The summed E-state index contributed by atoms with van der Waals surface area (Å²) in [5.41, 5.74) is 3.51. The van der Waals surface area contributed by atoms with Gasteiger partial charge in [-0.2, -0.15) is 0 Å². The van der Waals surface area contributed by atoms with E-state index in [9.17, 15) is 9.59 Å². The average molecular weight is 316 g/mol. The molecular weight excluding hydrogens is 288 g/mol. The molecule has 0 N–H and O–H groups in total. The van der Waals surface area contributed by atoms with Crippen molar-refractivity contribution in [3.05, 3.63) is 34.4 Å². The van der Waals surface area contributed by atoms with Crippen molar-refractivity contribution in [2.45, 2.75) is 60.3 Å². The normalized spacial score (nSPS) is 22.9. The SMILES string of the molecule is COC(=O)C1(C(=O)Cc2c(C)cc(C)cc2C)CCC(C)(C)C1. The first-order valence-corrected chi connectivity index (χ1v) is 8.30. The molecule has 3 nitrogen and oxygen atoms in total. The van der Waals surface area contributed by atoms with Gasteiger partial charge in [0, 0.05) is 6.42 Å². The van der Waals surface area contributed by atoms with Crippen LogP contribution in [0.4, 0.5) is 0 Å². The third-order valence-electron chi connectivity index (χ3n) is 5.30. The summed E-state index contributed by atoms with van der Waals surface area (Å²) in [5.74, 6) is -0.361. The monoisotopic (exact) mass is 316 g/mol. The molecule has 1 unspecified atom stereocenters. The maximum Gasteiger partial charge on any atom is 0.319 e. The number of hydrogen-bond donors (Lipinski definition) is 0. The van der Waals surface area contributed by atoms with Gasteiger partial charge >= 0.3 is 5.97 Å². The summed E-state index contributed by atoms with van der Waals surface area (Å²) in [6, 6.07) is 4.19. The Bertz CT molecular complexity index is 619. The van der Waals surface area contributed by atoms with E-state index in [-0.39, 0.29) is 17.2 Å². The largest absolute Gasteiger partial charge is 0.468 e. The minimum absolute atomic E-state index is 0.00121. The lowest BCUT2D eigenvalue weighted by Crippen LogP contribution is -2.40. The molecule has 1 aromatic rings. The number of Topliss-reactive ketones (excluding diaryl/α,β-unsaturated/α-hetero) is 1. The van der Waals surface area contributed by atoms with Gasteiger partial charge in [-0.05, 0) is 62.1 Å². The molecule has 126 valence electrons. The molecule has 0 amide bonds. The van der Waals surface area contributed by atoms with Crippen LogP contribution in [0.15, 0.2) is 12.1 Å². The fraction of sp³-hybridized carbons (Fsp3) is 0.600. The molecule has 23 heavy (non-hydrogen) atoms. The molecule has 1 saturated carbocycles. The Morgan fingerprint density at radius 1 is 1.09 bits per heavy atom. The van der Waals surface area contributed by atoms with Gasteiger partial charge in [0.15, 0.2) is 5.78 Å². The van der Waals surface area contributed by atoms with E-state index in [0.717, 1.165) is 23.1 Å². The highest BCUT2D eigenvalue weighted by molar-refractivity contribution is 6.05. The van der Waals surface area contributed by atoms with Crippen LogP contribution in [0.1, 0.15) is 55.4 Å². The van der Waals surface area contributed by atoms with Crippen molar-refractivity contribution in [3.8, 4) is 0 Å². The molecule has 0 saturated heterocycles. The van der Waals surface area contributed by atoms with Crippen molar-refractivity contribution in [2.75, 3.05) is 7.11 Å². The number of rotatable bonds is 4. The Kier molecular flexibility index (Phi) is 4.70. The summed E-state index contributed by atoms with van der Waals surface area (Å²) in [5, 5.41) is 0.